The van der Waals surface area contributed by atoms with Gasteiger partial charge in [-0.2, -0.15) is 0 Å². The van der Waals surface area contributed by atoms with Crippen LogP contribution in [0.15, 0.2) is 0 Å². The lowest BCUT2D eigenvalue weighted by Gasteiger charge is -2.07. The minimum absolute atomic E-state index is 0.105. The molecule has 0 bridgehead atoms. The SMILES string of the molecule is N=CC(=N)C(=O)NCC1NC(=O)NC1=O. The fraction of sp³-hybridized carbons (Fsp3) is 0.286. The van der Waals surface area contributed by atoms with E-state index in [9.17, 15) is 14.4 Å². The van der Waals surface area contributed by atoms with Gasteiger partial charge in [-0.05, 0) is 0 Å². The van der Waals surface area contributed by atoms with E-state index in [4.69, 9.17) is 10.8 Å². The molecule has 0 aliphatic carbocycles. The predicted molar refractivity (Wildman–Crippen MR) is 50.0 cm³/mol. The van der Waals surface area contributed by atoms with Gasteiger partial charge in [0.05, 0.1) is 0 Å². The van der Waals surface area contributed by atoms with Gasteiger partial charge in [-0.3, -0.25) is 20.3 Å². The second kappa shape index (κ2) is 4.31. The predicted octanol–water partition coefficient (Wildman–Crippen LogP) is -2.02. The summed E-state index contributed by atoms with van der Waals surface area (Å²) < 4.78 is 0. The highest BCUT2D eigenvalue weighted by molar-refractivity contribution is 6.59. The van der Waals surface area contributed by atoms with Gasteiger partial charge in [-0.1, -0.05) is 0 Å². The zero-order chi connectivity index (χ0) is 11.4. The molecule has 80 valence electrons. The summed E-state index contributed by atoms with van der Waals surface area (Å²) in [7, 11) is 0. The fourth-order valence-electron chi connectivity index (χ4n) is 0.958. The molecule has 0 spiro atoms. The number of rotatable bonds is 4. The van der Waals surface area contributed by atoms with Gasteiger partial charge in [-0.15, -0.1) is 0 Å². The molecule has 8 heteroatoms. The first-order chi connectivity index (χ1) is 7.04. The second-order valence-electron chi connectivity index (χ2n) is 2.78. The number of urea groups is 1. The molecule has 4 amide bonds. The number of imide groups is 1. The Balaban J connectivity index is 2.41. The number of hydrogen-bond acceptors (Lipinski definition) is 5. The summed E-state index contributed by atoms with van der Waals surface area (Å²) in [6.45, 7) is -0.105. The number of nitrogens with one attached hydrogen (secondary N) is 5. The van der Waals surface area contributed by atoms with Crippen molar-refractivity contribution >= 4 is 29.8 Å². The first kappa shape index (κ1) is 10.8. The number of carbonyl (C=O) groups excluding carboxylic acids is 3. The molecule has 1 unspecified atom stereocenters. The Morgan fingerprint density at radius 1 is 1.53 bits per heavy atom. The molecule has 1 rings (SSSR count). The smallest absolute Gasteiger partial charge is 0.322 e. The van der Waals surface area contributed by atoms with Gasteiger partial charge in [0.1, 0.15) is 11.8 Å². The average Bonchev–Trinajstić information content (AvgIpc) is 2.52. The maximum atomic E-state index is 11.0. The van der Waals surface area contributed by atoms with Crippen molar-refractivity contribution in [2.45, 2.75) is 6.04 Å². The minimum atomic E-state index is -0.819. The van der Waals surface area contributed by atoms with Crippen LogP contribution in [0.1, 0.15) is 0 Å². The highest BCUT2D eigenvalue weighted by Gasteiger charge is 2.29. The summed E-state index contributed by atoms with van der Waals surface area (Å²) in [5.74, 6) is -1.29. The van der Waals surface area contributed by atoms with Crippen molar-refractivity contribution in [3.63, 3.8) is 0 Å². The Labute approximate surface area is 84.4 Å². The number of hydrogen-bond donors (Lipinski definition) is 5. The van der Waals surface area contributed by atoms with Crippen LogP contribution in [0.25, 0.3) is 0 Å². The summed E-state index contributed by atoms with van der Waals surface area (Å²) >= 11 is 0. The molecular formula is C7H9N5O3. The van der Waals surface area contributed by atoms with E-state index in [0.29, 0.717) is 6.21 Å². The third-order valence-corrected chi connectivity index (χ3v) is 1.71. The van der Waals surface area contributed by atoms with E-state index >= 15 is 0 Å². The van der Waals surface area contributed by atoms with Crippen LogP contribution in [-0.4, -0.2) is 42.4 Å². The normalized spacial score (nSPS) is 19.1. The lowest BCUT2D eigenvalue weighted by Crippen LogP contribution is -2.43. The van der Waals surface area contributed by atoms with E-state index in [2.05, 4.69) is 10.6 Å². The van der Waals surface area contributed by atoms with Crippen LogP contribution in [0.2, 0.25) is 0 Å². The van der Waals surface area contributed by atoms with Crippen LogP contribution in [0.4, 0.5) is 4.79 Å². The number of amides is 4. The Morgan fingerprint density at radius 3 is 2.67 bits per heavy atom. The average molecular weight is 211 g/mol. The maximum Gasteiger partial charge on any atom is 0.322 e. The van der Waals surface area contributed by atoms with Crippen LogP contribution in [-0.2, 0) is 9.59 Å². The maximum absolute atomic E-state index is 11.0. The molecule has 1 aliphatic rings. The Morgan fingerprint density at radius 2 is 2.20 bits per heavy atom. The highest BCUT2D eigenvalue weighted by Crippen LogP contribution is 1.90. The lowest BCUT2D eigenvalue weighted by atomic mass is 10.3. The minimum Gasteiger partial charge on any atom is -0.348 e. The molecular weight excluding hydrogens is 202 g/mol. The van der Waals surface area contributed by atoms with Gasteiger partial charge in [-0.25, -0.2) is 4.79 Å². The second-order valence-corrected chi connectivity index (χ2v) is 2.78. The molecule has 15 heavy (non-hydrogen) atoms. The van der Waals surface area contributed by atoms with Crippen LogP contribution < -0.4 is 16.0 Å². The topological polar surface area (TPSA) is 135 Å². The zero-order valence-corrected chi connectivity index (χ0v) is 7.59. The third kappa shape index (κ3) is 2.59. The molecule has 1 saturated heterocycles. The van der Waals surface area contributed by atoms with E-state index in [1.54, 1.807) is 0 Å². The fourth-order valence-corrected chi connectivity index (χ4v) is 0.958. The van der Waals surface area contributed by atoms with Crippen molar-refractivity contribution < 1.29 is 14.4 Å². The Bertz CT molecular complexity index is 351. The van der Waals surface area contributed by atoms with Crippen molar-refractivity contribution in [3.05, 3.63) is 0 Å². The van der Waals surface area contributed by atoms with E-state index < -0.39 is 29.6 Å². The van der Waals surface area contributed by atoms with Gasteiger partial charge in [0, 0.05) is 12.8 Å². The van der Waals surface area contributed by atoms with Crippen molar-refractivity contribution in [2.24, 2.45) is 0 Å². The molecule has 1 heterocycles. The monoisotopic (exact) mass is 211 g/mol. The highest BCUT2D eigenvalue weighted by atomic mass is 16.2. The van der Waals surface area contributed by atoms with Gasteiger partial charge in [0.25, 0.3) is 11.8 Å². The molecule has 1 atom stereocenters. The van der Waals surface area contributed by atoms with Crippen molar-refractivity contribution in [2.75, 3.05) is 6.54 Å². The van der Waals surface area contributed by atoms with Crippen molar-refractivity contribution in [1.82, 2.24) is 16.0 Å². The largest absolute Gasteiger partial charge is 0.348 e. The Hall–Kier alpha value is -2.25. The van der Waals surface area contributed by atoms with Gasteiger partial charge >= 0.3 is 6.03 Å². The third-order valence-electron chi connectivity index (χ3n) is 1.71. The Kier molecular flexibility index (Phi) is 3.11. The van der Waals surface area contributed by atoms with E-state index in [-0.39, 0.29) is 6.54 Å². The van der Waals surface area contributed by atoms with Gasteiger partial charge in [0.2, 0.25) is 0 Å². The molecule has 0 aromatic carbocycles. The number of carbonyl (C=O) groups is 3. The molecule has 1 fully saturated rings. The summed E-state index contributed by atoms with van der Waals surface area (Å²) in [5, 5.41) is 20.1. The summed E-state index contributed by atoms with van der Waals surface area (Å²) in [5.41, 5.74) is -0.514. The van der Waals surface area contributed by atoms with Crippen LogP contribution >= 0.6 is 0 Å². The van der Waals surface area contributed by atoms with Gasteiger partial charge < -0.3 is 16.0 Å². The molecule has 5 N–H and O–H groups in total. The standard InChI is InChI=1S/C7H9N5O3/c8-1-3(9)5(13)10-2-4-6(14)12-7(15)11-4/h1,4,8-9H,2H2,(H,10,13)(H2,11,12,14,15). The molecule has 0 aromatic rings. The van der Waals surface area contributed by atoms with Crippen LogP contribution in [0.5, 0.6) is 0 Å². The van der Waals surface area contributed by atoms with Crippen molar-refractivity contribution in [1.29, 1.82) is 10.8 Å². The van der Waals surface area contributed by atoms with E-state index in [0.717, 1.165) is 0 Å². The van der Waals surface area contributed by atoms with E-state index in [1.165, 1.54) is 0 Å². The summed E-state index contributed by atoms with van der Waals surface area (Å²) in [6, 6.07) is -1.43. The summed E-state index contributed by atoms with van der Waals surface area (Å²) in [6.07, 6.45) is 0.586. The quantitative estimate of drug-likeness (QED) is 0.271. The van der Waals surface area contributed by atoms with Crippen molar-refractivity contribution in [3.8, 4) is 0 Å². The molecule has 0 saturated carbocycles. The first-order valence-electron chi connectivity index (χ1n) is 4.03. The summed E-state index contributed by atoms with van der Waals surface area (Å²) in [4.78, 5) is 32.6. The molecule has 0 radical (unpaired) electrons. The molecule has 1 aliphatic heterocycles. The molecule has 8 nitrogen and oxygen atoms in total. The molecule has 0 aromatic heterocycles. The lowest BCUT2D eigenvalue weighted by molar-refractivity contribution is -0.120. The van der Waals surface area contributed by atoms with Crippen LogP contribution in [0, 0.1) is 10.8 Å². The zero-order valence-electron chi connectivity index (χ0n) is 7.59. The van der Waals surface area contributed by atoms with E-state index in [1.807, 2.05) is 5.32 Å². The van der Waals surface area contributed by atoms with Gasteiger partial charge in [0.15, 0.2) is 0 Å². The van der Waals surface area contributed by atoms with Crippen LogP contribution in [0.3, 0.4) is 0 Å². The first-order valence-corrected chi connectivity index (χ1v) is 4.03.